The van der Waals surface area contributed by atoms with Crippen molar-refractivity contribution in [1.29, 1.82) is 0 Å². The minimum Gasteiger partial charge on any atom is -0.506 e. The van der Waals surface area contributed by atoms with Gasteiger partial charge in [-0.05, 0) is 25.1 Å². The quantitative estimate of drug-likeness (QED) is 0.528. The molecule has 0 aliphatic carbocycles. The number of phenolic OH excluding ortho intramolecular Hbond substituents is 1. The smallest absolute Gasteiger partial charge is 0.261 e. The number of anilines is 1. The Bertz CT molecular complexity index is 1090. The molecule has 0 bridgehead atoms. The number of hydrogen-bond acceptors (Lipinski definition) is 4. The van der Waals surface area contributed by atoms with Crippen LogP contribution in [0.5, 0.6) is 5.75 Å². The number of phenols is 1. The van der Waals surface area contributed by atoms with E-state index in [1.165, 1.54) is 31.2 Å². The average Bonchev–Trinajstić information content (AvgIpc) is 2.59. The normalized spacial score (nSPS) is 11.4. The van der Waals surface area contributed by atoms with Crippen molar-refractivity contribution in [3.63, 3.8) is 0 Å². The maximum atomic E-state index is 12.7. The summed E-state index contributed by atoms with van der Waals surface area (Å²) in [4.78, 5) is 11.4. The van der Waals surface area contributed by atoms with Crippen molar-refractivity contribution in [3.05, 3.63) is 65.2 Å². The lowest BCUT2D eigenvalue weighted by Crippen LogP contribution is -2.14. The zero-order valence-corrected chi connectivity index (χ0v) is 14.7. The summed E-state index contributed by atoms with van der Waals surface area (Å²) in [5, 5.41) is 11.0. The predicted octanol–water partition coefficient (Wildman–Crippen LogP) is 4.20. The second-order valence-electron chi connectivity index (χ2n) is 5.49. The van der Waals surface area contributed by atoms with Gasteiger partial charge in [0, 0.05) is 16.3 Å². The minimum atomic E-state index is -3.93. The summed E-state index contributed by atoms with van der Waals surface area (Å²) in [5.74, 6) is -0.339. The first-order chi connectivity index (χ1) is 11.8. The summed E-state index contributed by atoms with van der Waals surface area (Å²) < 4.78 is 27.9. The van der Waals surface area contributed by atoms with Crippen LogP contribution >= 0.6 is 11.6 Å². The van der Waals surface area contributed by atoms with E-state index in [4.69, 9.17) is 11.6 Å². The molecule has 0 atom stereocenters. The Kier molecular flexibility index (Phi) is 4.41. The molecule has 128 valence electrons. The van der Waals surface area contributed by atoms with Crippen molar-refractivity contribution in [2.75, 3.05) is 4.72 Å². The summed E-state index contributed by atoms with van der Waals surface area (Å²) in [6.45, 7) is 1.37. The Morgan fingerprint density at radius 3 is 2.40 bits per heavy atom. The van der Waals surface area contributed by atoms with E-state index < -0.39 is 10.0 Å². The molecular weight excluding hydrogens is 362 g/mol. The van der Waals surface area contributed by atoms with Crippen LogP contribution in [0.25, 0.3) is 10.8 Å². The Morgan fingerprint density at radius 1 is 1.04 bits per heavy atom. The number of ketones is 1. The monoisotopic (exact) mass is 375 g/mol. The van der Waals surface area contributed by atoms with Crippen molar-refractivity contribution in [3.8, 4) is 5.75 Å². The van der Waals surface area contributed by atoms with Crippen molar-refractivity contribution in [1.82, 2.24) is 0 Å². The molecule has 0 aromatic heterocycles. The fourth-order valence-electron chi connectivity index (χ4n) is 2.50. The van der Waals surface area contributed by atoms with Gasteiger partial charge in [0.15, 0.2) is 5.78 Å². The van der Waals surface area contributed by atoms with Gasteiger partial charge in [-0.1, -0.05) is 48.0 Å². The largest absolute Gasteiger partial charge is 0.506 e. The van der Waals surface area contributed by atoms with Gasteiger partial charge in [-0.3, -0.25) is 9.52 Å². The highest BCUT2D eigenvalue weighted by atomic mass is 35.5. The molecule has 25 heavy (non-hydrogen) atoms. The van der Waals surface area contributed by atoms with Gasteiger partial charge in [0.2, 0.25) is 0 Å². The van der Waals surface area contributed by atoms with E-state index in [1.54, 1.807) is 30.3 Å². The van der Waals surface area contributed by atoms with Crippen LogP contribution in [-0.2, 0) is 10.0 Å². The fraction of sp³-hybridized carbons (Fsp3) is 0.0556. The molecule has 3 aromatic rings. The molecule has 0 fully saturated rings. The van der Waals surface area contributed by atoms with E-state index in [0.29, 0.717) is 16.3 Å². The molecule has 0 aliphatic heterocycles. The number of hydrogen-bond donors (Lipinski definition) is 2. The molecule has 0 saturated carbocycles. The van der Waals surface area contributed by atoms with Crippen LogP contribution < -0.4 is 4.72 Å². The second kappa shape index (κ2) is 6.38. The van der Waals surface area contributed by atoms with Gasteiger partial charge in [0.05, 0.1) is 15.6 Å². The van der Waals surface area contributed by atoms with Gasteiger partial charge in [-0.25, -0.2) is 8.42 Å². The first kappa shape index (κ1) is 17.3. The van der Waals surface area contributed by atoms with E-state index in [-0.39, 0.29) is 27.1 Å². The minimum absolute atomic E-state index is 0.0338. The molecule has 3 rings (SSSR count). The Labute approximate surface area is 149 Å². The zero-order chi connectivity index (χ0) is 18.2. The molecule has 0 spiro atoms. The number of fused-ring (bicyclic) bond motifs is 1. The number of Topliss-reactive ketones (excluding diaryl/α,β-unsaturated/α-hetero) is 1. The van der Waals surface area contributed by atoms with Crippen LogP contribution in [0.2, 0.25) is 5.02 Å². The van der Waals surface area contributed by atoms with E-state index in [9.17, 15) is 18.3 Å². The number of carbonyl (C=O) groups excluding carboxylic acids is 1. The van der Waals surface area contributed by atoms with Gasteiger partial charge < -0.3 is 5.11 Å². The van der Waals surface area contributed by atoms with Gasteiger partial charge in [-0.2, -0.15) is 0 Å². The number of benzene rings is 3. The molecule has 0 radical (unpaired) electrons. The Morgan fingerprint density at radius 2 is 1.72 bits per heavy atom. The lowest BCUT2D eigenvalue weighted by Gasteiger charge is -2.13. The van der Waals surface area contributed by atoms with E-state index in [0.717, 1.165) is 0 Å². The first-order valence-corrected chi connectivity index (χ1v) is 9.20. The van der Waals surface area contributed by atoms with Gasteiger partial charge in [-0.15, -0.1) is 0 Å². The van der Waals surface area contributed by atoms with E-state index in [2.05, 4.69) is 4.72 Å². The molecule has 5 nitrogen and oxygen atoms in total. The lowest BCUT2D eigenvalue weighted by atomic mass is 10.1. The Balaban J connectivity index is 2.11. The molecule has 7 heteroatoms. The van der Waals surface area contributed by atoms with E-state index >= 15 is 0 Å². The van der Waals surface area contributed by atoms with Gasteiger partial charge >= 0.3 is 0 Å². The molecule has 0 aliphatic rings. The summed E-state index contributed by atoms with van der Waals surface area (Å²) in [7, 11) is -3.93. The SMILES string of the molecule is CC(=O)c1cccc(S(=O)(=O)Nc2cc(Cl)c(O)c3ccccc23)c1. The third-order valence-corrected chi connectivity index (χ3v) is 5.42. The summed E-state index contributed by atoms with van der Waals surface area (Å²) >= 11 is 6.00. The average molecular weight is 376 g/mol. The molecule has 0 unspecified atom stereocenters. The number of carbonyl (C=O) groups is 1. The highest BCUT2D eigenvalue weighted by molar-refractivity contribution is 7.92. The van der Waals surface area contributed by atoms with Gasteiger partial charge in [0.25, 0.3) is 10.0 Å². The van der Waals surface area contributed by atoms with Crippen LogP contribution in [0.3, 0.4) is 0 Å². The van der Waals surface area contributed by atoms with Crippen molar-refractivity contribution < 1.29 is 18.3 Å². The third-order valence-electron chi connectivity index (χ3n) is 3.76. The molecule has 0 heterocycles. The summed E-state index contributed by atoms with van der Waals surface area (Å²) in [5.41, 5.74) is 0.545. The Hall–Kier alpha value is -2.57. The van der Waals surface area contributed by atoms with Crippen LogP contribution in [0.15, 0.2) is 59.5 Å². The number of halogens is 1. The molecule has 3 aromatic carbocycles. The second-order valence-corrected chi connectivity index (χ2v) is 7.58. The number of nitrogens with one attached hydrogen (secondary N) is 1. The zero-order valence-electron chi connectivity index (χ0n) is 13.2. The first-order valence-electron chi connectivity index (χ1n) is 7.33. The van der Waals surface area contributed by atoms with Crippen LogP contribution in [-0.4, -0.2) is 19.3 Å². The van der Waals surface area contributed by atoms with Crippen molar-refractivity contribution >= 4 is 43.9 Å². The number of aromatic hydroxyl groups is 1. The molecular formula is C18H14ClNO4S. The third kappa shape index (κ3) is 3.31. The van der Waals surface area contributed by atoms with Crippen LogP contribution in [0.1, 0.15) is 17.3 Å². The fourth-order valence-corrected chi connectivity index (χ4v) is 3.82. The van der Waals surface area contributed by atoms with E-state index in [1.807, 2.05) is 0 Å². The summed E-state index contributed by atoms with van der Waals surface area (Å²) in [6.07, 6.45) is 0. The topological polar surface area (TPSA) is 83.5 Å². The molecule has 0 saturated heterocycles. The van der Waals surface area contributed by atoms with Crippen molar-refractivity contribution in [2.24, 2.45) is 0 Å². The maximum Gasteiger partial charge on any atom is 0.261 e. The number of sulfonamides is 1. The maximum absolute atomic E-state index is 12.7. The predicted molar refractivity (Wildman–Crippen MR) is 97.9 cm³/mol. The summed E-state index contributed by atoms with van der Waals surface area (Å²) in [6, 6.07) is 13.9. The lowest BCUT2D eigenvalue weighted by molar-refractivity contribution is 0.101. The molecule has 2 N–H and O–H groups in total. The van der Waals surface area contributed by atoms with Crippen LogP contribution in [0.4, 0.5) is 5.69 Å². The van der Waals surface area contributed by atoms with Gasteiger partial charge in [0.1, 0.15) is 5.75 Å². The van der Waals surface area contributed by atoms with Crippen molar-refractivity contribution in [2.45, 2.75) is 11.8 Å². The highest BCUT2D eigenvalue weighted by Crippen LogP contribution is 2.38. The van der Waals surface area contributed by atoms with Crippen LogP contribution in [0, 0.1) is 0 Å². The standard InChI is InChI=1S/C18H14ClNO4S/c1-11(21)12-5-4-6-13(9-12)25(23,24)20-17-10-16(19)18(22)15-8-3-2-7-14(15)17/h2-10,20,22H,1H3. The number of rotatable bonds is 4. The highest BCUT2D eigenvalue weighted by Gasteiger charge is 2.18. The molecule has 0 amide bonds.